The molecule has 1 aliphatic rings. The summed E-state index contributed by atoms with van der Waals surface area (Å²) in [5.74, 6) is 0.0438. The smallest absolute Gasteiger partial charge is 0.194 e. The summed E-state index contributed by atoms with van der Waals surface area (Å²) in [6.45, 7) is 0. The van der Waals surface area contributed by atoms with E-state index in [1.807, 2.05) is 0 Å². The molecule has 19 heavy (non-hydrogen) atoms. The van der Waals surface area contributed by atoms with Gasteiger partial charge in [0.05, 0.1) is 12.8 Å². The maximum Gasteiger partial charge on any atom is 0.194 e. The first-order chi connectivity index (χ1) is 9.13. The Morgan fingerprint density at radius 1 is 0.895 bits per heavy atom. The van der Waals surface area contributed by atoms with Crippen LogP contribution in [0.4, 0.5) is 5.69 Å². The molecule has 4 heteroatoms. The lowest BCUT2D eigenvalue weighted by molar-refractivity contribution is 0.0979. The maximum absolute atomic E-state index is 12.4. The second-order valence-corrected chi connectivity index (χ2v) is 4.34. The fourth-order valence-corrected chi connectivity index (χ4v) is 2.32. The fraction of sp³-hybridized carbons (Fsp3) is 0.0667. The Labute approximate surface area is 109 Å². The quantitative estimate of drug-likeness (QED) is 0.674. The number of nitrogen functional groups attached to an aromatic ring is 1. The number of carbonyl (C=O) groups is 2. The van der Waals surface area contributed by atoms with E-state index in [0.29, 0.717) is 33.7 Å². The van der Waals surface area contributed by atoms with Crippen molar-refractivity contribution < 1.29 is 14.3 Å². The van der Waals surface area contributed by atoms with Gasteiger partial charge < -0.3 is 10.5 Å². The molecule has 94 valence electrons. The van der Waals surface area contributed by atoms with Crippen LogP contribution < -0.4 is 10.5 Å². The minimum atomic E-state index is -0.181. The number of fused-ring (bicyclic) bond motifs is 2. The van der Waals surface area contributed by atoms with Gasteiger partial charge in [-0.05, 0) is 12.1 Å². The minimum absolute atomic E-state index is 0.177. The summed E-state index contributed by atoms with van der Waals surface area (Å²) in [6.07, 6.45) is 0. The van der Waals surface area contributed by atoms with Gasteiger partial charge in [0.1, 0.15) is 5.75 Å². The molecule has 0 fully saturated rings. The average Bonchev–Trinajstić information content (AvgIpc) is 2.44. The van der Waals surface area contributed by atoms with Crippen LogP contribution in [0.5, 0.6) is 5.75 Å². The highest BCUT2D eigenvalue weighted by Gasteiger charge is 2.30. The van der Waals surface area contributed by atoms with E-state index >= 15 is 0 Å². The SMILES string of the molecule is COc1cc2c(cc1N)C(=O)c1ccccc1C2=O. The Bertz CT molecular complexity index is 719. The van der Waals surface area contributed by atoms with Crippen molar-refractivity contribution in [2.45, 2.75) is 0 Å². The molecular formula is C15H11NO3. The van der Waals surface area contributed by atoms with Crippen LogP contribution in [0.1, 0.15) is 31.8 Å². The third-order valence-electron chi connectivity index (χ3n) is 3.28. The van der Waals surface area contributed by atoms with Crippen molar-refractivity contribution >= 4 is 17.3 Å². The van der Waals surface area contributed by atoms with Gasteiger partial charge in [-0.15, -0.1) is 0 Å². The summed E-state index contributed by atoms with van der Waals surface area (Å²) in [4.78, 5) is 24.7. The molecule has 0 bridgehead atoms. The van der Waals surface area contributed by atoms with Crippen LogP contribution in [0.3, 0.4) is 0 Å². The first-order valence-corrected chi connectivity index (χ1v) is 5.79. The summed E-state index contributed by atoms with van der Waals surface area (Å²) < 4.78 is 5.09. The van der Waals surface area contributed by atoms with Gasteiger partial charge >= 0.3 is 0 Å². The van der Waals surface area contributed by atoms with Crippen LogP contribution in [0.25, 0.3) is 0 Å². The highest BCUT2D eigenvalue weighted by atomic mass is 16.5. The van der Waals surface area contributed by atoms with E-state index in [2.05, 4.69) is 0 Å². The molecule has 4 nitrogen and oxygen atoms in total. The number of benzene rings is 2. The van der Waals surface area contributed by atoms with Crippen molar-refractivity contribution in [2.75, 3.05) is 12.8 Å². The number of ether oxygens (including phenoxy) is 1. The van der Waals surface area contributed by atoms with Gasteiger partial charge in [0.2, 0.25) is 0 Å². The molecule has 0 aliphatic heterocycles. The van der Waals surface area contributed by atoms with Crippen LogP contribution in [-0.4, -0.2) is 18.7 Å². The normalized spacial score (nSPS) is 12.9. The molecule has 0 unspecified atom stereocenters. The molecule has 0 spiro atoms. The molecule has 2 aromatic carbocycles. The second kappa shape index (κ2) is 3.95. The van der Waals surface area contributed by atoms with E-state index in [4.69, 9.17) is 10.5 Å². The molecule has 0 aromatic heterocycles. The van der Waals surface area contributed by atoms with Gasteiger partial charge in [0.15, 0.2) is 11.6 Å². The van der Waals surface area contributed by atoms with Gasteiger partial charge in [0.25, 0.3) is 0 Å². The zero-order valence-electron chi connectivity index (χ0n) is 10.3. The minimum Gasteiger partial charge on any atom is -0.495 e. The zero-order chi connectivity index (χ0) is 13.6. The monoisotopic (exact) mass is 253 g/mol. The van der Waals surface area contributed by atoms with Crippen molar-refractivity contribution in [2.24, 2.45) is 0 Å². The molecule has 0 heterocycles. The highest BCUT2D eigenvalue weighted by Crippen LogP contribution is 2.33. The van der Waals surface area contributed by atoms with Crippen LogP contribution in [-0.2, 0) is 0 Å². The summed E-state index contributed by atoms with van der Waals surface area (Å²) in [5.41, 5.74) is 7.66. The summed E-state index contributed by atoms with van der Waals surface area (Å²) in [5, 5.41) is 0. The average molecular weight is 253 g/mol. The molecule has 1 aliphatic carbocycles. The zero-order valence-corrected chi connectivity index (χ0v) is 10.3. The molecule has 0 radical (unpaired) electrons. The second-order valence-electron chi connectivity index (χ2n) is 4.34. The van der Waals surface area contributed by atoms with Crippen molar-refractivity contribution in [3.63, 3.8) is 0 Å². The van der Waals surface area contributed by atoms with E-state index in [-0.39, 0.29) is 11.6 Å². The number of hydrogen-bond acceptors (Lipinski definition) is 4. The molecule has 3 rings (SSSR count). The lowest BCUT2D eigenvalue weighted by atomic mass is 9.84. The molecule has 2 N–H and O–H groups in total. The van der Waals surface area contributed by atoms with Crippen LogP contribution in [0.15, 0.2) is 36.4 Å². The van der Waals surface area contributed by atoms with Crippen molar-refractivity contribution in [3.05, 3.63) is 58.7 Å². The van der Waals surface area contributed by atoms with Gasteiger partial charge in [-0.25, -0.2) is 0 Å². The Morgan fingerprint density at radius 3 is 1.95 bits per heavy atom. The molecule has 0 amide bonds. The number of hydrogen-bond donors (Lipinski definition) is 1. The summed E-state index contributed by atoms with van der Waals surface area (Å²) in [6, 6.07) is 9.82. The topological polar surface area (TPSA) is 69.4 Å². The Morgan fingerprint density at radius 2 is 1.42 bits per heavy atom. The van der Waals surface area contributed by atoms with E-state index in [1.165, 1.54) is 19.2 Å². The highest BCUT2D eigenvalue weighted by molar-refractivity contribution is 6.28. The lowest BCUT2D eigenvalue weighted by Gasteiger charge is -2.18. The standard InChI is InChI=1S/C15H11NO3/c1-19-13-7-11-10(6-12(13)16)14(17)8-4-2-3-5-9(8)15(11)18/h2-7H,16H2,1H3. The molecule has 0 atom stereocenters. The van der Waals surface area contributed by atoms with Crippen molar-refractivity contribution in [3.8, 4) is 5.75 Å². The number of anilines is 1. The third-order valence-corrected chi connectivity index (χ3v) is 3.28. The van der Waals surface area contributed by atoms with Gasteiger partial charge in [-0.1, -0.05) is 24.3 Å². The number of carbonyl (C=O) groups excluding carboxylic acids is 2. The largest absolute Gasteiger partial charge is 0.495 e. The summed E-state index contributed by atoms with van der Waals surface area (Å²) in [7, 11) is 1.47. The fourth-order valence-electron chi connectivity index (χ4n) is 2.32. The van der Waals surface area contributed by atoms with E-state index in [1.54, 1.807) is 24.3 Å². The van der Waals surface area contributed by atoms with Gasteiger partial charge in [-0.2, -0.15) is 0 Å². The number of rotatable bonds is 1. The van der Waals surface area contributed by atoms with Gasteiger partial charge in [0, 0.05) is 22.3 Å². The van der Waals surface area contributed by atoms with Crippen LogP contribution in [0.2, 0.25) is 0 Å². The van der Waals surface area contributed by atoms with Crippen molar-refractivity contribution in [1.82, 2.24) is 0 Å². The third kappa shape index (κ3) is 1.53. The van der Waals surface area contributed by atoms with E-state index in [9.17, 15) is 9.59 Å². The Kier molecular flexibility index (Phi) is 2.38. The lowest BCUT2D eigenvalue weighted by Crippen LogP contribution is -2.21. The number of methoxy groups -OCH3 is 1. The Balaban J connectivity index is 2.30. The first-order valence-electron chi connectivity index (χ1n) is 5.79. The summed E-state index contributed by atoms with van der Waals surface area (Å²) >= 11 is 0. The van der Waals surface area contributed by atoms with Crippen LogP contribution in [0, 0.1) is 0 Å². The van der Waals surface area contributed by atoms with E-state index in [0.717, 1.165) is 0 Å². The number of ketones is 2. The maximum atomic E-state index is 12.4. The molecule has 0 saturated carbocycles. The van der Waals surface area contributed by atoms with Gasteiger partial charge in [-0.3, -0.25) is 9.59 Å². The predicted octanol–water partition coefficient (Wildman–Crippen LogP) is 2.05. The molecular weight excluding hydrogens is 242 g/mol. The molecule has 0 saturated heterocycles. The first kappa shape index (κ1) is 11.5. The van der Waals surface area contributed by atoms with Crippen molar-refractivity contribution in [1.29, 1.82) is 0 Å². The molecule has 2 aromatic rings. The van der Waals surface area contributed by atoms with E-state index < -0.39 is 0 Å². The number of nitrogens with two attached hydrogens (primary N) is 1. The predicted molar refractivity (Wildman–Crippen MR) is 70.7 cm³/mol. The van der Waals surface area contributed by atoms with Crippen LogP contribution >= 0.6 is 0 Å². The Hall–Kier alpha value is -2.62.